The third-order valence-corrected chi connectivity index (χ3v) is 4.15. The molecule has 1 saturated heterocycles. The molecule has 0 bridgehead atoms. The molecule has 0 aliphatic carbocycles. The lowest BCUT2D eigenvalue weighted by Gasteiger charge is -2.27. The minimum absolute atomic E-state index is 0.263. The Morgan fingerprint density at radius 3 is 2.60 bits per heavy atom. The zero-order chi connectivity index (χ0) is 14.5. The summed E-state index contributed by atoms with van der Waals surface area (Å²) in [6, 6.07) is 4.07. The van der Waals surface area contributed by atoms with Gasteiger partial charge in [0.05, 0.1) is 7.11 Å². The first-order chi connectivity index (χ1) is 9.63. The number of carbonyl (C=O) groups is 1. The summed E-state index contributed by atoms with van der Waals surface area (Å²) in [4.78, 5) is 14.1. The molecule has 1 aromatic rings. The molecule has 1 N–H and O–H groups in total. The predicted molar refractivity (Wildman–Crippen MR) is 80.2 cm³/mol. The number of aryl methyl sites for hydroxylation is 1. The van der Waals surface area contributed by atoms with E-state index in [9.17, 15) is 4.79 Å². The van der Waals surface area contributed by atoms with Crippen LogP contribution in [0.1, 0.15) is 23.1 Å². The maximum absolute atomic E-state index is 12.2. The Morgan fingerprint density at radius 2 is 1.95 bits per heavy atom. The van der Waals surface area contributed by atoms with Crippen molar-refractivity contribution in [1.82, 2.24) is 10.2 Å². The summed E-state index contributed by atoms with van der Waals surface area (Å²) >= 11 is 0. The van der Waals surface area contributed by atoms with Crippen molar-refractivity contribution in [3.63, 3.8) is 0 Å². The van der Waals surface area contributed by atoms with Crippen LogP contribution in [0.5, 0.6) is 5.75 Å². The van der Waals surface area contributed by atoms with Gasteiger partial charge in [-0.1, -0.05) is 6.07 Å². The van der Waals surface area contributed by atoms with Crippen molar-refractivity contribution in [2.75, 3.05) is 33.3 Å². The molecule has 1 heterocycles. The first-order valence-corrected chi connectivity index (χ1v) is 7.25. The molecule has 0 radical (unpaired) electrons. The van der Waals surface area contributed by atoms with Gasteiger partial charge in [-0.15, -0.1) is 0 Å². The van der Waals surface area contributed by atoms with Crippen LogP contribution in [0.4, 0.5) is 0 Å². The number of rotatable bonds is 4. The number of nitrogens with one attached hydrogen (secondary N) is 1. The second kappa shape index (κ2) is 6.75. The molecule has 1 aliphatic rings. The van der Waals surface area contributed by atoms with E-state index in [1.807, 2.05) is 11.0 Å². The lowest BCUT2D eigenvalue weighted by Crippen LogP contribution is -2.46. The fourth-order valence-corrected chi connectivity index (χ4v) is 2.66. The van der Waals surface area contributed by atoms with Crippen LogP contribution >= 0.6 is 0 Å². The summed E-state index contributed by atoms with van der Waals surface area (Å²) in [5.41, 5.74) is 3.64. The van der Waals surface area contributed by atoms with Crippen molar-refractivity contribution in [3.8, 4) is 5.75 Å². The Morgan fingerprint density at radius 1 is 1.25 bits per heavy atom. The molecule has 1 aliphatic heterocycles. The summed E-state index contributed by atoms with van der Waals surface area (Å²) in [6.07, 6.45) is 1.39. The fraction of sp³-hybridized carbons (Fsp3) is 0.562. The van der Waals surface area contributed by atoms with Crippen LogP contribution in [0.2, 0.25) is 0 Å². The van der Waals surface area contributed by atoms with Gasteiger partial charge in [0.2, 0.25) is 5.91 Å². The second-order valence-corrected chi connectivity index (χ2v) is 5.31. The zero-order valence-corrected chi connectivity index (χ0v) is 12.7. The lowest BCUT2D eigenvalue weighted by atomic mass is 9.98. The van der Waals surface area contributed by atoms with E-state index >= 15 is 0 Å². The van der Waals surface area contributed by atoms with E-state index in [0.717, 1.165) is 38.3 Å². The van der Waals surface area contributed by atoms with Crippen molar-refractivity contribution in [2.45, 2.75) is 26.7 Å². The number of hydrogen-bond donors (Lipinski definition) is 1. The van der Waals surface area contributed by atoms with Gasteiger partial charge in [0.15, 0.2) is 0 Å². The van der Waals surface area contributed by atoms with Crippen LogP contribution in [-0.2, 0) is 11.2 Å². The fourth-order valence-electron chi connectivity index (χ4n) is 2.66. The maximum Gasteiger partial charge on any atom is 0.222 e. The smallest absolute Gasteiger partial charge is 0.222 e. The van der Waals surface area contributed by atoms with Gasteiger partial charge in [0, 0.05) is 32.6 Å². The summed E-state index contributed by atoms with van der Waals surface area (Å²) in [5.74, 6) is 1.18. The number of ether oxygens (including phenoxy) is 1. The second-order valence-electron chi connectivity index (χ2n) is 5.31. The van der Waals surface area contributed by atoms with E-state index in [1.165, 1.54) is 16.7 Å². The number of piperazine rings is 1. The Hall–Kier alpha value is -1.55. The van der Waals surface area contributed by atoms with Crippen molar-refractivity contribution in [1.29, 1.82) is 0 Å². The Balaban J connectivity index is 1.96. The van der Waals surface area contributed by atoms with Gasteiger partial charge in [-0.05, 0) is 43.0 Å². The highest BCUT2D eigenvalue weighted by Gasteiger charge is 2.16. The minimum atomic E-state index is 0.263. The third-order valence-electron chi connectivity index (χ3n) is 4.15. The number of benzene rings is 1. The largest absolute Gasteiger partial charge is 0.496 e. The average Bonchev–Trinajstić information content (AvgIpc) is 2.49. The number of hydrogen-bond acceptors (Lipinski definition) is 3. The van der Waals surface area contributed by atoms with Crippen LogP contribution < -0.4 is 10.1 Å². The highest BCUT2D eigenvalue weighted by atomic mass is 16.5. The van der Waals surface area contributed by atoms with Crippen molar-refractivity contribution in [3.05, 3.63) is 28.8 Å². The predicted octanol–water partition coefficient (Wildman–Crippen LogP) is 1.68. The summed E-state index contributed by atoms with van der Waals surface area (Å²) in [7, 11) is 1.69. The monoisotopic (exact) mass is 276 g/mol. The number of amides is 1. The molecule has 20 heavy (non-hydrogen) atoms. The first kappa shape index (κ1) is 14.9. The van der Waals surface area contributed by atoms with E-state index in [-0.39, 0.29) is 5.91 Å². The van der Waals surface area contributed by atoms with E-state index in [4.69, 9.17) is 4.74 Å². The van der Waals surface area contributed by atoms with Gasteiger partial charge >= 0.3 is 0 Å². The van der Waals surface area contributed by atoms with Crippen molar-refractivity contribution >= 4 is 5.91 Å². The highest BCUT2D eigenvalue weighted by Crippen LogP contribution is 2.24. The van der Waals surface area contributed by atoms with Crippen LogP contribution in [-0.4, -0.2) is 44.1 Å². The van der Waals surface area contributed by atoms with Gasteiger partial charge in [-0.3, -0.25) is 4.79 Å². The molecular weight excluding hydrogens is 252 g/mol. The van der Waals surface area contributed by atoms with Crippen LogP contribution in [0.15, 0.2) is 12.1 Å². The molecule has 4 nitrogen and oxygen atoms in total. The molecule has 110 valence electrons. The van der Waals surface area contributed by atoms with Crippen LogP contribution in [0.3, 0.4) is 0 Å². The van der Waals surface area contributed by atoms with Gasteiger partial charge < -0.3 is 15.0 Å². The quantitative estimate of drug-likeness (QED) is 0.909. The summed E-state index contributed by atoms with van der Waals surface area (Å²) < 4.78 is 5.32. The minimum Gasteiger partial charge on any atom is -0.496 e. The molecule has 1 amide bonds. The van der Waals surface area contributed by atoms with Crippen molar-refractivity contribution in [2.24, 2.45) is 0 Å². The van der Waals surface area contributed by atoms with E-state index in [1.54, 1.807) is 7.11 Å². The Kier molecular flexibility index (Phi) is 5.01. The van der Waals surface area contributed by atoms with Gasteiger partial charge in [0.1, 0.15) is 5.75 Å². The van der Waals surface area contributed by atoms with E-state index < -0.39 is 0 Å². The molecule has 0 saturated carbocycles. The Labute approximate surface area is 121 Å². The molecule has 0 atom stereocenters. The lowest BCUT2D eigenvalue weighted by molar-refractivity contribution is -0.131. The molecule has 0 aromatic heterocycles. The average molecular weight is 276 g/mol. The molecule has 0 unspecified atom stereocenters. The van der Waals surface area contributed by atoms with Crippen LogP contribution in [0, 0.1) is 13.8 Å². The SMILES string of the molecule is COc1ccc(CCC(=O)N2CCNCC2)c(C)c1C. The molecular formula is C16H24N2O2. The summed E-state index contributed by atoms with van der Waals surface area (Å²) in [5, 5.41) is 3.26. The summed E-state index contributed by atoms with van der Waals surface area (Å²) in [6.45, 7) is 7.65. The van der Waals surface area contributed by atoms with Crippen LogP contribution in [0.25, 0.3) is 0 Å². The first-order valence-electron chi connectivity index (χ1n) is 7.25. The highest BCUT2D eigenvalue weighted by molar-refractivity contribution is 5.76. The normalized spacial score (nSPS) is 15.2. The topological polar surface area (TPSA) is 41.6 Å². The zero-order valence-electron chi connectivity index (χ0n) is 12.7. The number of methoxy groups -OCH3 is 1. The molecule has 2 rings (SSSR count). The van der Waals surface area contributed by atoms with Gasteiger partial charge in [-0.2, -0.15) is 0 Å². The number of carbonyl (C=O) groups excluding carboxylic acids is 1. The molecule has 1 aromatic carbocycles. The molecule has 1 fully saturated rings. The van der Waals surface area contributed by atoms with Gasteiger partial charge in [0.25, 0.3) is 0 Å². The molecule has 0 spiro atoms. The third kappa shape index (κ3) is 3.31. The molecule has 4 heteroatoms. The van der Waals surface area contributed by atoms with E-state index in [2.05, 4.69) is 25.2 Å². The maximum atomic E-state index is 12.2. The van der Waals surface area contributed by atoms with E-state index in [0.29, 0.717) is 6.42 Å². The standard InChI is InChI=1S/C16H24N2O2/c1-12-13(2)15(20-3)6-4-14(12)5-7-16(19)18-10-8-17-9-11-18/h4,6,17H,5,7-11H2,1-3H3. The van der Waals surface area contributed by atoms with Crippen molar-refractivity contribution < 1.29 is 9.53 Å². The number of nitrogens with zero attached hydrogens (tertiary/aromatic N) is 1. The Bertz CT molecular complexity index is 480. The van der Waals surface area contributed by atoms with Gasteiger partial charge in [-0.25, -0.2) is 0 Å².